The fourth-order valence-electron chi connectivity index (χ4n) is 2.11. The maximum absolute atomic E-state index is 13.0. The summed E-state index contributed by atoms with van der Waals surface area (Å²) in [7, 11) is 0. The van der Waals surface area contributed by atoms with Crippen molar-refractivity contribution in [2.24, 2.45) is 16.5 Å². The molecule has 1 rings (SSSR count). The summed E-state index contributed by atoms with van der Waals surface area (Å²) in [5.74, 6) is -3.36. The van der Waals surface area contributed by atoms with E-state index in [9.17, 15) is 32.3 Å². The van der Waals surface area contributed by atoms with Crippen molar-refractivity contribution in [1.82, 2.24) is 10.6 Å². The first-order chi connectivity index (χ1) is 13.8. The molecule has 0 aromatic heterocycles. The number of aliphatic imine (C=N–C) groups is 1. The van der Waals surface area contributed by atoms with Gasteiger partial charge in [-0.05, 0) is 24.1 Å². The molecule has 1 atom stereocenters. The summed E-state index contributed by atoms with van der Waals surface area (Å²) in [6.07, 6.45) is -0.712. The van der Waals surface area contributed by atoms with E-state index in [1.165, 1.54) is 0 Å². The van der Waals surface area contributed by atoms with E-state index >= 15 is 0 Å². The molecule has 10 nitrogen and oxygen atoms in total. The quantitative estimate of drug-likeness (QED) is 0.161. The number of nitrogens with one attached hydrogen (secondary N) is 2. The van der Waals surface area contributed by atoms with Crippen LogP contribution in [0.4, 0.5) is 18.9 Å². The lowest BCUT2D eigenvalue weighted by Crippen LogP contribution is -2.46. The molecule has 30 heavy (non-hydrogen) atoms. The number of aliphatic carboxylic acids is 1. The van der Waals surface area contributed by atoms with Gasteiger partial charge in [-0.15, -0.1) is 6.42 Å². The van der Waals surface area contributed by atoms with E-state index in [1.54, 1.807) is 5.92 Å². The van der Waals surface area contributed by atoms with Gasteiger partial charge in [-0.2, -0.15) is 13.2 Å². The van der Waals surface area contributed by atoms with Crippen LogP contribution in [-0.2, 0) is 20.6 Å². The first kappa shape index (κ1) is 24.0. The van der Waals surface area contributed by atoms with Crippen molar-refractivity contribution >= 4 is 35.2 Å². The summed E-state index contributed by atoms with van der Waals surface area (Å²) in [6.45, 7) is -0.777. The van der Waals surface area contributed by atoms with Crippen LogP contribution < -0.4 is 22.1 Å². The summed E-state index contributed by atoms with van der Waals surface area (Å²) in [6, 6.07) is 0.565. The van der Waals surface area contributed by atoms with Crippen molar-refractivity contribution in [3.63, 3.8) is 0 Å². The standard InChI is InChI=1S/C17H16F3N5O5/c1-2-12(26)11(6-14(28)29)25-13(27)7-23-15(30)8-3-9(17(18,19)20)5-10(4-8)24-16(21)22/h1,3-5,11H,6-7H2,(H,23,30)(H,25,27)(H,28,29)(H4,21,22,24). The van der Waals surface area contributed by atoms with Crippen LogP contribution in [-0.4, -0.2) is 47.2 Å². The molecule has 2 amide bonds. The second kappa shape index (κ2) is 9.92. The van der Waals surface area contributed by atoms with Crippen molar-refractivity contribution in [2.75, 3.05) is 6.54 Å². The molecule has 7 N–H and O–H groups in total. The maximum atomic E-state index is 13.0. The van der Waals surface area contributed by atoms with Gasteiger partial charge in [0.2, 0.25) is 11.7 Å². The Morgan fingerprint density at radius 1 is 1.20 bits per heavy atom. The largest absolute Gasteiger partial charge is 0.481 e. The van der Waals surface area contributed by atoms with Crippen LogP contribution in [0.25, 0.3) is 0 Å². The van der Waals surface area contributed by atoms with E-state index < -0.39 is 65.8 Å². The number of ketones is 1. The molecule has 0 bridgehead atoms. The number of carboxylic acid groups (broad SMARTS) is 1. The number of terminal acetylenes is 1. The molecule has 0 heterocycles. The minimum atomic E-state index is -4.80. The van der Waals surface area contributed by atoms with Gasteiger partial charge in [-0.3, -0.25) is 19.2 Å². The monoisotopic (exact) mass is 427 g/mol. The number of carboxylic acids is 1. The highest BCUT2D eigenvalue weighted by atomic mass is 19.4. The molecular weight excluding hydrogens is 411 g/mol. The van der Waals surface area contributed by atoms with E-state index in [0.717, 1.165) is 6.07 Å². The van der Waals surface area contributed by atoms with Crippen molar-refractivity contribution in [1.29, 1.82) is 0 Å². The third kappa shape index (κ3) is 7.50. The number of alkyl halides is 3. The number of hydrogen-bond acceptors (Lipinski definition) is 5. The molecule has 1 aromatic rings. The van der Waals surface area contributed by atoms with Gasteiger partial charge in [0.15, 0.2) is 5.96 Å². The lowest BCUT2D eigenvalue weighted by Gasteiger charge is -2.14. The van der Waals surface area contributed by atoms with Crippen molar-refractivity contribution in [2.45, 2.75) is 18.6 Å². The van der Waals surface area contributed by atoms with Gasteiger partial charge in [-0.1, -0.05) is 0 Å². The summed E-state index contributed by atoms with van der Waals surface area (Å²) in [5, 5.41) is 12.8. The number of rotatable bonds is 8. The summed E-state index contributed by atoms with van der Waals surface area (Å²) < 4.78 is 39.1. The molecule has 0 radical (unpaired) electrons. The highest BCUT2D eigenvalue weighted by Gasteiger charge is 2.32. The predicted molar refractivity (Wildman–Crippen MR) is 97.3 cm³/mol. The lowest BCUT2D eigenvalue weighted by atomic mass is 10.1. The first-order valence-electron chi connectivity index (χ1n) is 7.95. The highest BCUT2D eigenvalue weighted by Crippen LogP contribution is 2.32. The van der Waals surface area contributed by atoms with Crippen LogP contribution in [0.3, 0.4) is 0 Å². The molecule has 1 aromatic carbocycles. The summed E-state index contributed by atoms with van der Waals surface area (Å²) in [5.41, 5.74) is 8.21. The highest BCUT2D eigenvalue weighted by molar-refractivity contribution is 6.03. The Morgan fingerprint density at radius 3 is 2.33 bits per heavy atom. The van der Waals surface area contributed by atoms with Gasteiger partial charge in [0.25, 0.3) is 5.91 Å². The van der Waals surface area contributed by atoms with E-state index in [4.69, 9.17) is 23.0 Å². The van der Waals surface area contributed by atoms with Crippen LogP contribution in [0.15, 0.2) is 23.2 Å². The van der Waals surface area contributed by atoms with Crippen molar-refractivity contribution in [3.05, 3.63) is 29.3 Å². The van der Waals surface area contributed by atoms with E-state index in [2.05, 4.69) is 4.99 Å². The molecule has 160 valence electrons. The number of carbonyl (C=O) groups is 4. The minimum absolute atomic E-state index is 0.347. The van der Waals surface area contributed by atoms with Crippen LogP contribution in [0.1, 0.15) is 22.3 Å². The lowest BCUT2D eigenvalue weighted by molar-refractivity contribution is -0.139. The molecule has 0 saturated heterocycles. The summed E-state index contributed by atoms with van der Waals surface area (Å²) >= 11 is 0. The Balaban J connectivity index is 2.95. The van der Waals surface area contributed by atoms with Gasteiger partial charge in [-0.25, -0.2) is 4.99 Å². The second-order valence-electron chi connectivity index (χ2n) is 5.71. The molecule has 1 unspecified atom stereocenters. The molecule has 0 fully saturated rings. The Morgan fingerprint density at radius 2 is 1.83 bits per heavy atom. The fourth-order valence-corrected chi connectivity index (χ4v) is 2.11. The zero-order valence-corrected chi connectivity index (χ0v) is 15.1. The van der Waals surface area contributed by atoms with Gasteiger partial charge in [0, 0.05) is 5.56 Å². The van der Waals surface area contributed by atoms with E-state index in [1.807, 2.05) is 10.6 Å². The molecule has 0 spiro atoms. The van der Waals surface area contributed by atoms with Gasteiger partial charge in [0.1, 0.15) is 6.04 Å². The van der Waals surface area contributed by atoms with E-state index in [-0.39, 0.29) is 5.69 Å². The number of halogens is 3. The molecule has 0 aliphatic rings. The SMILES string of the molecule is C#CC(=O)C(CC(=O)O)NC(=O)CNC(=O)c1cc(N=C(N)N)cc(C(F)(F)F)c1. The fraction of sp³-hybridized carbons (Fsp3) is 0.235. The average Bonchev–Trinajstić information content (AvgIpc) is 2.63. The Labute approximate surface area is 167 Å². The predicted octanol–water partition coefficient (Wildman–Crippen LogP) is -0.498. The molecule has 0 aliphatic heterocycles. The van der Waals surface area contributed by atoms with Gasteiger partial charge in [0.05, 0.1) is 24.2 Å². The smallest absolute Gasteiger partial charge is 0.416 e. The van der Waals surface area contributed by atoms with Crippen LogP contribution >= 0.6 is 0 Å². The number of Topliss-reactive ketones (excluding diaryl/α,β-unsaturated/α-hetero) is 1. The normalized spacial score (nSPS) is 11.5. The first-order valence-corrected chi connectivity index (χ1v) is 7.95. The summed E-state index contributed by atoms with van der Waals surface area (Å²) in [4.78, 5) is 49.7. The number of carbonyl (C=O) groups excluding carboxylic acids is 3. The number of benzene rings is 1. The van der Waals surface area contributed by atoms with Crippen LogP contribution in [0, 0.1) is 12.3 Å². The zero-order chi connectivity index (χ0) is 23.1. The number of nitrogens with zero attached hydrogens (tertiary/aromatic N) is 1. The van der Waals surface area contributed by atoms with Crippen LogP contribution in [0.5, 0.6) is 0 Å². The third-order valence-corrected chi connectivity index (χ3v) is 3.35. The van der Waals surface area contributed by atoms with Gasteiger partial charge < -0.3 is 27.2 Å². The average molecular weight is 427 g/mol. The number of hydrogen-bond donors (Lipinski definition) is 5. The molecule has 0 aliphatic carbocycles. The molecule has 13 heteroatoms. The topological polar surface area (TPSA) is 177 Å². The number of nitrogens with two attached hydrogens (primary N) is 2. The number of amides is 2. The Kier molecular flexibility index (Phi) is 7.92. The Bertz CT molecular complexity index is 933. The molecular formula is C17H16F3N5O5. The van der Waals surface area contributed by atoms with Crippen LogP contribution in [0.2, 0.25) is 0 Å². The molecule has 0 saturated carbocycles. The van der Waals surface area contributed by atoms with Gasteiger partial charge >= 0.3 is 12.1 Å². The third-order valence-electron chi connectivity index (χ3n) is 3.35. The second-order valence-corrected chi connectivity index (χ2v) is 5.71. The Hall–Kier alpha value is -4.08. The zero-order valence-electron chi connectivity index (χ0n) is 15.1. The minimum Gasteiger partial charge on any atom is -0.481 e. The number of guanidine groups is 1. The van der Waals surface area contributed by atoms with Crippen molar-refractivity contribution in [3.8, 4) is 12.3 Å². The van der Waals surface area contributed by atoms with Crippen molar-refractivity contribution < 1.29 is 37.5 Å². The maximum Gasteiger partial charge on any atom is 0.416 e. The van der Waals surface area contributed by atoms with E-state index in [0.29, 0.717) is 12.1 Å².